The molecular weight excluding hydrogens is 351 g/mol. The van der Waals surface area contributed by atoms with Crippen molar-refractivity contribution in [2.75, 3.05) is 46.6 Å². The second kappa shape index (κ2) is 10.9. The zero-order valence-electron chi connectivity index (χ0n) is 14.0. The average molecular weight is 377 g/mol. The number of nitrogens with one attached hydrogen (secondary N) is 2. The van der Waals surface area contributed by atoms with Crippen LogP contribution in [0.15, 0.2) is 24.3 Å². The van der Waals surface area contributed by atoms with E-state index in [-0.39, 0.29) is 23.7 Å². The maximum Gasteiger partial charge on any atom is 0.233 e. The van der Waals surface area contributed by atoms with Crippen LogP contribution in [0.4, 0.5) is 0 Å². The highest BCUT2D eigenvalue weighted by molar-refractivity contribution is 6.30. The lowest BCUT2D eigenvalue weighted by Gasteiger charge is -2.38. The van der Waals surface area contributed by atoms with Gasteiger partial charge in [-0.15, -0.1) is 12.4 Å². The normalized spacial score (nSPS) is 16.2. The van der Waals surface area contributed by atoms with Gasteiger partial charge in [-0.25, -0.2) is 0 Å². The van der Waals surface area contributed by atoms with Crippen molar-refractivity contribution in [1.29, 1.82) is 0 Å². The van der Waals surface area contributed by atoms with E-state index in [9.17, 15) is 4.79 Å². The highest BCUT2D eigenvalue weighted by Crippen LogP contribution is 2.35. The molecule has 0 bridgehead atoms. The lowest BCUT2D eigenvalue weighted by atomic mass is 9.74. The molecule has 136 valence electrons. The van der Waals surface area contributed by atoms with E-state index in [4.69, 9.17) is 21.1 Å². The van der Waals surface area contributed by atoms with Gasteiger partial charge < -0.3 is 20.1 Å². The van der Waals surface area contributed by atoms with Crippen LogP contribution in [0.2, 0.25) is 5.02 Å². The molecule has 0 saturated carbocycles. The quantitative estimate of drug-likeness (QED) is 0.682. The Morgan fingerprint density at radius 1 is 1.38 bits per heavy atom. The number of hydrogen-bond donors (Lipinski definition) is 2. The molecule has 5 nitrogen and oxygen atoms in total. The number of methoxy groups -OCH3 is 1. The summed E-state index contributed by atoms with van der Waals surface area (Å²) in [6.07, 6.45) is 1.76. The Morgan fingerprint density at radius 2 is 2.12 bits per heavy atom. The van der Waals surface area contributed by atoms with E-state index in [1.807, 2.05) is 18.2 Å². The summed E-state index contributed by atoms with van der Waals surface area (Å²) in [7, 11) is 1.64. The Labute approximate surface area is 154 Å². The Kier molecular flexibility index (Phi) is 9.63. The third-order valence-corrected chi connectivity index (χ3v) is 4.51. The third-order valence-electron chi connectivity index (χ3n) is 4.28. The first-order valence-corrected chi connectivity index (χ1v) is 8.34. The average Bonchev–Trinajstić information content (AvgIpc) is 2.58. The molecule has 0 aromatic heterocycles. The van der Waals surface area contributed by atoms with Gasteiger partial charge in [-0.2, -0.15) is 0 Å². The molecule has 1 aromatic rings. The van der Waals surface area contributed by atoms with Gasteiger partial charge >= 0.3 is 0 Å². The van der Waals surface area contributed by atoms with Crippen molar-refractivity contribution in [2.45, 2.75) is 18.3 Å². The SMILES string of the molecule is COCCNCC(=O)NCC1(c2cccc(Cl)c2)CCOCC1.Cl. The van der Waals surface area contributed by atoms with E-state index in [1.54, 1.807) is 7.11 Å². The molecule has 0 aliphatic carbocycles. The van der Waals surface area contributed by atoms with Crippen molar-refractivity contribution in [2.24, 2.45) is 0 Å². The summed E-state index contributed by atoms with van der Waals surface area (Å²) in [6.45, 7) is 3.56. The predicted molar refractivity (Wildman–Crippen MR) is 98.2 cm³/mol. The van der Waals surface area contributed by atoms with Gasteiger partial charge in [0.25, 0.3) is 0 Å². The highest BCUT2D eigenvalue weighted by atomic mass is 35.5. The maximum atomic E-state index is 12.0. The Hall–Kier alpha value is -0.850. The fourth-order valence-electron chi connectivity index (χ4n) is 2.85. The van der Waals surface area contributed by atoms with E-state index in [1.165, 1.54) is 5.56 Å². The third kappa shape index (κ3) is 6.22. The molecule has 1 heterocycles. The molecule has 0 unspecified atom stereocenters. The number of carbonyl (C=O) groups excluding carboxylic acids is 1. The molecule has 24 heavy (non-hydrogen) atoms. The van der Waals surface area contributed by atoms with Crippen LogP contribution in [0.3, 0.4) is 0 Å². The van der Waals surface area contributed by atoms with Crippen molar-refractivity contribution < 1.29 is 14.3 Å². The molecule has 2 rings (SSSR count). The standard InChI is InChI=1S/C17H25ClN2O3.ClH/c1-22-10-7-19-12-16(21)20-13-17(5-8-23-9-6-17)14-3-2-4-15(18)11-14;/h2-4,11,19H,5-10,12-13H2,1H3,(H,20,21);1H. The van der Waals surface area contributed by atoms with Gasteiger partial charge in [0.05, 0.1) is 13.2 Å². The van der Waals surface area contributed by atoms with Gasteiger partial charge in [-0.3, -0.25) is 4.79 Å². The van der Waals surface area contributed by atoms with Crippen LogP contribution in [0.5, 0.6) is 0 Å². The summed E-state index contributed by atoms with van der Waals surface area (Å²) in [5, 5.41) is 6.82. The van der Waals surface area contributed by atoms with Gasteiger partial charge in [0.15, 0.2) is 0 Å². The van der Waals surface area contributed by atoms with E-state index in [2.05, 4.69) is 16.7 Å². The Morgan fingerprint density at radius 3 is 2.79 bits per heavy atom. The second-order valence-electron chi connectivity index (χ2n) is 5.85. The van der Waals surface area contributed by atoms with E-state index in [0.29, 0.717) is 39.5 Å². The number of carbonyl (C=O) groups is 1. The van der Waals surface area contributed by atoms with Gasteiger partial charge in [0.2, 0.25) is 5.91 Å². The fraction of sp³-hybridized carbons (Fsp3) is 0.588. The summed E-state index contributed by atoms with van der Waals surface area (Å²) in [6, 6.07) is 7.91. The summed E-state index contributed by atoms with van der Waals surface area (Å²) in [4.78, 5) is 12.0. The monoisotopic (exact) mass is 376 g/mol. The van der Waals surface area contributed by atoms with Crippen LogP contribution >= 0.6 is 24.0 Å². The highest BCUT2D eigenvalue weighted by Gasteiger charge is 2.34. The molecule has 1 fully saturated rings. The molecule has 0 radical (unpaired) electrons. The van der Waals surface area contributed by atoms with E-state index >= 15 is 0 Å². The maximum absolute atomic E-state index is 12.0. The molecule has 2 N–H and O–H groups in total. The predicted octanol–water partition coefficient (Wildman–Crippen LogP) is 2.16. The van der Waals surface area contributed by atoms with E-state index < -0.39 is 0 Å². The fourth-order valence-corrected chi connectivity index (χ4v) is 3.04. The largest absolute Gasteiger partial charge is 0.383 e. The summed E-state index contributed by atoms with van der Waals surface area (Å²) in [5.41, 5.74) is 1.06. The first-order chi connectivity index (χ1) is 11.2. The minimum absolute atomic E-state index is 0. The molecule has 1 aromatic carbocycles. The topological polar surface area (TPSA) is 59.6 Å². The molecule has 7 heteroatoms. The minimum Gasteiger partial charge on any atom is -0.383 e. The van der Waals surface area contributed by atoms with Gasteiger partial charge in [0, 0.05) is 43.9 Å². The molecule has 1 aliphatic rings. The summed E-state index contributed by atoms with van der Waals surface area (Å²) in [5.74, 6) is -0.00556. The van der Waals surface area contributed by atoms with Gasteiger partial charge in [-0.05, 0) is 30.5 Å². The Bertz CT molecular complexity index is 508. The van der Waals surface area contributed by atoms with Crippen LogP contribution < -0.4 is 10.6 Å². The first kappa shape index (κ1) is 21.2. The molecule has 1 amide bonds. The second-order valence-corrected chi connectivity index (χ2v) is 6.29. The van der Waals surface area contributed by atoms with Crippen LogP contribution in [-0.4, -0.2) is 52.5 Å². The lowest BCUT2D eigenvalue weighted by molar-refractivity contribution is -0.120. The number of benzene rings is 1. The van der Waals surface area contributed by atoms with Gasteiger partial charge in [0.1, 0.15) is 0 Å². The van der Waals surface area contributed by atoms with Crippen molar-refractivity contribution in [1.82, 2.24) is 10.6 Å². The molecule has 1 saturated heterocycles. The number of rotatable bonds is 8. The number of halogens is 2. The van der Waals surface area contributed by atoms with Crippen LogP contribution in [0.1, 0.15) is 18.4 Å². The molecule has 0 atom stereocenters. The number of hydrogen-bond acceptors (Lipinski definition) is 4. The van der Waals surface area contributed by atoms with E-state index in [0.717, 1.165) is 17.9 Å². The van der Waals surface area contributed by atoms with Crippen LogP contribution in [0, 0.1) is 0 Å². The first-order valence-electron chi connectivity index (χ1n) is 7.96. The van der Waals surface area contributed by atoms with Crippen molar-refractivity contribution in [3.8, 4) is 0 Å². The zero-order valence-corrected chi connectivity index (χ0v) is 15.5. The molecule has 0 spiro atoms. The molecular formula is C17H26Cl2N2O3. The summed E-state index contributed by atoms with van der Waals surface area (Å²) < 4.78 is 10.4. The van der Waals surface area contributed by atoms with Crippen molar-refractivity contribution in [3.63, 3.8) is 0 Å². The minimum atomic E-state index is -0.106. The summed E-state index contributed by atoms with van der Waals surface area (Å²) >= 11 is 6.15. The number of amides is 1. The Balaban J connectivity index is 0.00000288. The van der Waals surface area contributed by atoms with Crippen LogP contribution in [-0.2, 0) is 19.7 Å². The smallest absolute Gasteiger partial charge is 0.233 e. The lowest BCUT2D eigenvalue weighted by Crippen LogP contribution is -2.46. The number of ether oxygens (including phenoxy) is 2. The van der Waals surface area contributed by atoms with Crippen molar-refractivity contribution in [3.05, 3.63) is 34.9 Å². The van der Waals surface area contributed by atoms with Crippen LogP contribution in [0.25, 0.3) is 0 Å². The zero-order chi connectivity index (χ0) is 16.5. The molecule has 1 aliphatic heterocycles. The van der Waals surface area contributed by atoms with Crippen molar-refractivity contribution >= 4 is 29.9 Å². The van der Waals surface area contributed by atoms with Gasteiger partial charge in [-0.1, -0.05) is 23.7 Å².